The van der Waals surface area contributed by atoms with Gasteiger partial charge in [-0.3, -0.25) is 9.59 Å². The van der Waals surface area contributed by atoms with Gasteiger partial charge >= 0.3 is 0 Å². The fourth-order valence-electron chi connectivity index (χ4n) is 4.07. The lowest BCUT2D eigenvalue weighted by Gasteiger charge is -2.21. The standard InChI is InChI=1S/C19H15ClN2O5/c20-9-5-7-10(8-6-9)22-17(24)13-14(18(22)25)16(19(26)27)21-15(13)11-3-1-2-4-12(11)23/h1-8,13-16,21,23H,(H,26,27)/t13-,14-,15-,16+/m0/s1. The van der Waals surface area contributed by atoms with Crippen molar-refractivity contribution in [3.05, 3.63) is 59.1 Å². The molecule has 2 amide bonds. The smallest absolute Gasteiger partial charge is 0.244 e. The van der Waals surface area contributed by atoms with Crippen LogP contribution in [0.25, 0.3) is 0 Å². The third kappa shape index (κ3) is 2.67. The van der Waals surface area contributed by atoms with Crippen LogP contribution in [0.2, 0.25) is 5.02 Å². The van der Waals surface area contributed by atoms with Crippen molar-refractivity contribution in [3.63, 3.8) is 0 Å². The lowest BCUT2D eigenvalue weighted by molar-refractivity contribution is -0.705. The highest BCUT2D eigenvalue weighted by atomic mass is 35.5. The van der Waals surface area contributed by atoms with Gasteiger partial charge in [-0.1, -0.05) is 23.7 Å². The molecule has 2 aliphatic heterocycles. The number of carbonyl (C=O) groups excluding carboxylic acids is 3. The van der Waals surface area contributed by atoms with Crippen molar-refractivity contribution in [2.75, 3.05) is 4.90 Å². The van der Waals surface area contributed by atoms with Crippen LogP contribution in [0, 0.1) is 11.8 Å². The van der Waals surface area contributed by atoms with E-state index in [1.165, 1.54) is 23.5 Å². The minimum Gasteiger partial charge on any atom is -0.544 e. The summed E-state index contributed by atoms with van der Waals surface area (Å²) in [5.74, 6) is -4.54. The van der Waals surface area contributed by atoms with Gasteiger partial charge in [0, 0.05) is 5.02 Å². The number of halogens is 1. The van der Waals surface area contributed by atoms with E-state index in [2.05, 4.69) is 0 Å². The lowest BCUT2D eigenvalue weighted by atomic mass is 9.86. The fraction of sp³-hybridized carbons (Fsp3) is 0.211. The molecule has 7 nitrogen and oxygen atoms in total. The summed E-state index contributed by atoms with van der Waals surface area (Å²) >= 11 is 5.87. The van der Waals surface area contributed by atoms with E-state index in [0.717, 1.165) is 4.90 Å². The Bertz CT molecular complexity index is 945. The van der Waals surface area contributed by atoms with Crippen molar-refractivity contribution in [2.24, 2.45) is 11.8 Å². The van der Waals surface area contributed by atoms with Crippen LogP contribution in [0.5, 0.6) is 5.75 Å². The molecule has 2 aromatic carbocycles. The van der Waals surface area contributed by atoms with E-state index in [0.29, 0.717) is 16.3 Å². The molecule has 4 atom stereocenters. The number of phenols is 1. The number of quaternary nitrogens is 1. The predicted molar refractivity (Wildman–Crippen MR) is 92.5 cm³/mol. The van der Waals surface area contributed by atoms with Gasteiger partial charge in [0.2, 0.25) is 11.8 Å². The largest absolute Gasteiger partial charge is 0.544 e. The molecule has 0 radical (unpaired) electrons. The van der Waals surface area contributed by atoms with Crippen LogP contribution in [0.4, 0.5) is 5.69 Å². The van der Waals surface area contributed by atoms with Gasteiger partial charge < -0.3 is 20.3 Å². The van der Waals surface area contributed by atoms with Crippen molar-refractivity contribution in [1.82, 2.24) is 0 Å². The van der Waals surface area contributed by atoms with Crippen LogP contribution in [0.3, 0.4) is 0 Å². The molecule has 0 aliphatic carbocycles. The number of phenolic OH excluding ortho intramolecular Hbond substituents is 1. The van der Waals surface area contributed by atoms with Crippen molar-refractivity contribution in [2.45, 2.75) is 12.1 Å². The van der Waals surface area contributed by atoms with Gasteiger partial charge in [0.15, 0.2) is 0 Å². The first-order valence-electron chi connectivity index (χ1n) is 8.37. The molecule has 8 heteroatoms. The lowest BCUT2D eigenvalue weighted by Crippen LogP contribution is -2.92. The van der Waals surface area contributed by atoms with Gasteiger partial charge in [-0.25, -0.2) is 4.90 Å². The van der Waals surface area contributed by atoms with Crippen LogP contribution in [0.1, 0.15) is 11.6 Å². The number of amides is 2. The summed E-state index contributed by atoms with van der Waals surface area (Å²) in [4.78, 5) is 38.7. The maximum absolute atomic E-state index is 13.1. The molecule has 27 heavy (non-hydrogen) atoms. The van der Waals surface area contributed by atoms with Crippen LogP contribution < -0.4 is 15.3 Å². The Balaban J connectivity index is 1.79. The number of nitrogens with zero attached hydrogens (tertiary/aromatic N) is 1. The zero-order valence-electron chi connectivity index (χ0n) is 13.9. The Kier molecular flexibility index (Phi) is 4.13. The summed E-state index contributed by atoms with van der Waals surface area (Å²) in [6.07, 6.45) is 0. The summed E-state index contributed by atoms with van der Waals surface area (Å²) in [5.41, 5.74) is 0.743. The van der Waals surface area contributed by atoms with Gasteiger partial charge in [0.05, 0.1) is 11.3 Å². The van der Waals surface area contributed by atoms with Crippen molar-refractivity contribution >= 4 is 35.1 Å². The molecular formula is C19H15ClN2O5. The number of anilines is 1. The van der Waals surface area contributed by atoms with Gasteiger partial charge in [-0.15, -0.1) is 0 Å². The number of fused-ring (bicyclic) bond motifs is 1. The minimum atomic E-state index is -1.41. The number of para-hydroxylation sites is 1. The van der Waals surface area contributed by atoms with E-state index in [9.17, 15) is 24.6 Å². The summed E-state index contributed by atoms with van der Waals surface area (Å²) in [6.45, 7) is 0. The third-order valence-corrected chi connectivity index (χ3v) is 5.49. The quantitative estimate of drug-likeness (QED) is 0.696. The van der Waals surface area contributed by atoms with Gasteiger partial charge in [0.1, 0.15) is 35.6 Å². The Labute approximate surface area is 159 Å². The normalized spacial score (nSPS) is 27.1. The summed E-state index contributed by atoms with van der Waals surface area (Å²) in [6, 6.07) is 10.6. The molecule has 2 aliphatic rings. The Morgan fingerprint density at radius 3 is 2.30 bits per heavy atom. The van der Waals surface area contributed by atoms with Crippen LogP contribution in [-0.2, 0) is 14.4 Å². The maximum atomic E-state index is 13.1. The second-order valence-corrected chi connectivity index (χ2v) is 7.10. The number of carboxylic acid groups (broad SMARTS) is 1. The first-order valence-corrected chi connectivity index (χ1v) is 8.75. The molecule has 0 saturated carbocycles. The second kappa shape index (κ2) is 6.37. The van der Waals surface area contributed by atoms with E-state index >= 15 is 0 Å². The summed E-state index contributed by atoms with van der Waals surface area (Å²) < 4.78 is 0. The van der Waals surface area contributed by atoms with E-state index in [1.54, 1.807) is 30.3 Å². The van der Waals surface area contributed by atoms with Crippen molar-refractivity contribution in [1.29, 1.82) is 0 Å². The van der Waals surface area contributed by atoms with E-state index in [4.69, 9.17) is 11.6 Å². The average molecular weight is 387 g/mol. The topological polar surface area (TPSA) is 114 Å². The van der Waals surface area contributed by atoms with Crippen LogP contribution >= 0.6 is 11.6 Å². The first-order chi connectivity index (χ1) is 12.9. The van der Waals surface area contributed by atoms with E-state index < -0.39 is 41.7 Å². The third-order valence-electron chi connectivity index (χ3n) is 5.24. The molecule has 2 fully saturated rings. The molecule has 3 N–H and O–H groups in total. The molecule has 0 bridgehead atoms. The number of aromatic hydroxyl groups is 1. The summed E-state index contributed by atoms with van der Waals surface area (Å²) in [7, 11) is 0. The molecule has 2 saturated heterocycles. The Morgan fingerprint density at radius 1 is 1.04 bits per heavy atom. The number of imide groups is 1. The first kappa shape index (κ1) is 17.5. The molecule has 4 rings (SSSR count). The SMILES string of the molecule is O=C([O-])[C@@H]1[NH2+][C@@H](c2ccccc2O)[C@H]2C(=O)N(c3ccc(Cl)cc3)C(=O)[C@@H]21. The number of carboxylic acids is 1. The van der Waals surface area contributed by atoms with Crippen LogP contribution in [0.15, 0.2) is 48.5 Å². The van der Waals surface area contributed by atoms with Gasteiger partial charge in [-0.05, 0) is 36.4 Å². The number of nitrogens with two attached hydrogens (primary N) is 1. The molecule has 2 heterocycles. The number of hydrogen-bond donors (Lipinski definition) is 2. The average Bonchev–Trinajstić information content (AvgIpc) is 3.14. The number of benzene rings is 2. The molecular weight excluding hydrogens is 372 g/mol. The van der Waals surface area contributed by atoms with Gasteiger partial charge in [0.25, 0.3) is 0 Å². The molecule has 0 aromatic heterocycles. The summed E-state index contributed by atoms with van der Waals surface area (Å²) in [5, 5.41) is 23.7. The fourth-order valence-corrected chi connectivity index (χ4v) is 4.19. The predicted octanol–water partition coefficient (Wildman–Crippen LogP) is -0.412. The number of rotatable bonds is 3. The zero-order valence-corrected chi connectivity index (χ0v) is 14.7. The molecule has 2 aromatic rings. The van der Waals surface area contributed by atoms with Crippen molar-refractivity contribution in [3.8, 4) is 5.75 Å². The van der Waals surface area contributed by atoms with Gasteiger partial charge in [-0.2, -0.15) is 0 Å². The zero-order chi connectivity index (χ0) is 19.3. The molecule has 138 valence electrons. The molecule has 0 spiro atoms. The van der Waals surface area contributed by atoms with E-state index in [1.807, 2.05) is 0 Å². The Morgan fingerprint density at radius 2 is 1.67 bits per heavy atom. The van der Waals surface area contributed by atoms with E-state index in [-0.39, 0.29) is 5.75 Å². The highest BCUT2D eigenvalue weighted by Crippen LogP contribution is 2.43. The number of aliphatic carboxylic acids is 1. The molecule has 0 unspecified atom stereocenters. The number of hydrogen-bond acceptors (Lipinski definition) is 5. The minimum absolute atomic E-state index is 0.0540. The van der Waals surface area contributed by atoms with Crippen molar-refractivity contribution < 1.29 is 29.9 Å². The number of carbonyl (C=O) groups is 3. The Hall–Kier alpha value is -2.90. The monoisotopic (exact) mass is 386 g/mol. The highest BCUT2D eigenvalue weighted by Gasteiger charge is 2.63. The highest BCUT2D eigenvalue weighted by molar-refractivity contribution is 6.31. The van der Waals surface area contributed by atoms with Crippen LogP contribution in [-0.4, -0.2) is 28.9 Å². The second-order valence-electron chi connectivity index (χ2n) is 6.66. The maximum Gasteiger partial charge on any atom is 0.244 e.